The molecule has 3 N–H and O–H groups in total. The molecular weight excluding hydrogens is 492 g/mol. The predicted octanol–water partition coefficient (Wildman–Crippen LogP) is 5.19. The minimum atomic E-state index is -0.622. The first-order valence-electron chi connectivity index (χ1n) is 11.2. The van der Waals surface area contributed by atoms with E-state index in [1.54, 1.807) is 12.3 Å². The van der Waals surface area contributed by atoms with Crippen LogP contribution in [0.3, 0.4) is 0 Å². The normalized spacial score (nSPS) is 14.7. The highest BCUT2D eigenvalue weighted by Crippen LogP contribution is 2.29. The number of hydrogen-bond acceptors (Lipinski definition) is 8. The van der Waals surface area contributed by atoms with Crippen LogP contribution < -0.4 is 16.0 Å². The molecule has 0 unspecified atom stereocenters. The fourth-order valence-electron chi connectivity index (χ4n) is 4.04. The third-order valence-electron chi connectivity index (χ3n) is 5.81. The number of hydrogen-bond donors (Lipinski definition) is 3. The van der Waals surface area contributed by atoms with Gasteiger partial charge < -0.3 is 10.6 Å². The zero-order chi connectivity index (χ0) is 24.1. The highest BCUT2D eigenvalue weighted by atomic mass is 35.5. The van der Waals surface area contributed by atoms with Crippen molar-refractivity contribution in [1.82, 2.24) is 20.5 Å². The molecule has 34 heavy (non-hydrogen) atoms. The molecule has 11 heteroatoms. The number of nitrogens with one attached hydrogen (secondary N) is 3. The van der Waals surface area contributed by atoms with Crippen molar-refractivity contribution in [1.29, 1.82) is 0 Å². The summed E-state index contributed by atoms with van der Waals surface area (Å²) in [4.78, 5) is 31.8. The first kappa shape index (κ1) is 24.6. The minimum absolute atomic E-state index is 0.247. The number of carbonyl (C=O) groups is 2. The molecule has 1 fully saturated rings. The van der Waals surface area contributed by atoms with Gasteiger partial charge in [0.2, 0.25) is 11.0 Å². The average Bonchev–Trinajstić information content (AvgIpc) is 3.56. The summed E-state index contributed by atoms with van der Waals surface area (Å²) in [6.07, 6.45) is 6.75. The fraction of sp³-hybridized carbons (Fsp3) is 0.435. The van der Waals surface area contributed by atoms with E-state index in [9.17, 15) is 9.59 Å². The van der Waals surface area contributed by atoms with Crippen LogP contribution >= 0.6 is 34.3 Å². The number of rotatable bonds is 9. The molecule has 0 spiro atoms. The lowest BCUT2D eigenvalue weighted by molar-refractivity contribution is -0.118. The Labute approximate surface area is 211 Å². The van der Waals surface area contributed by atoms with E-state index in [4.69, 9.17) is 11.6 Å². The van der Waals surface area contributed by atoms with E-state index in [2.05, 4.69) is 31.1 Å². The van der Waals surface area contributed by atoms with E-state index in [1.165, 1.54) is 35.5 Å². The standard InChI is InChI=1S/C23H27ClN6O2S2/c1-13-18(10-16(24)11-25-13)26-12-17-7-8-20(34-17)22(32)27-19(9-15-5-3-4-6-15)21(31)28-23-30-29-14(2)33-23/h7-8,10-11,15,19,26H,3-6,9,12H2,1-2H3,(H,27,32)(H,28,30,31)/t19-/m0/s1. The second-order valence-electron chi connectivity index (χ2n) is 8.43. The summed E-state index contributed by atoms with van der Waals surface area (Å²) < 4.78 is 0. The van der Waals surface area contributed by atoms with E-state index in [0.717, 1.165) is 34.1 Å². The Balaban J connectivity index is 1.39. The van der Waals surface area contributed by atoms with Crippen molar-refractivity contribution < 1.29 is 9.59 Å². The molecule has 1 atom stereocenters. The molecule has 1 aliphatic rings. The van der Waals surface area contributed by atoms with Crippen LogP contribution in [0, 0.1) is 19.8 Å². The molecule has 3 heterocycles. The molecule has 0 aliphatic heterocycles. The third-order valence-corrected chi connectivity index (χ3v) is 7.86. The summed E-state index contributed by atoms with van der Waals surface area (Å²) in [5.41, 5.74) is 1.71. The van der Waals surface area contributed by atoms with Crippen molar-refractivity contribution in [3.05, 3.63) is 49.9 Å². The van der Waals surface area contributed by atoms with E-state index >= 15 is 0 Å². The molecule has 0 saturated heterocycles. The highest BCUT2D eigenvalue weighted by molar-refractivity contribution is 7.15. The number of thiophene rings is 1. The molecule has 2 amide bonds. The second kappa shape index (κ2) is 11.2. The molecule has 3 aromatic heterocycles. The van der Waals surface area contributed by atoms with Gasteiger partial charge in [0, 0.05) is 17.6 Å². The zero-order valence-electron chi connectivity index (χ0n) is 19.1. The first-order valence-corrected chi connectivity index (χ1v) is 13.2. The number of pyridine rings is 1. The van der Waals surface area contributed by atoms with Gasteiger partial charge in [0.05, 0.1) is 21.3 Å². The predicted molar refractivity (Wildman–Crippen MR) is 137 cm³/mol. The number of anilines is 2. The molecule has 4 rings (SSSR count). The Hall–Kier alpha value is -2.56. The van der Waals surface area contributed by atoms with Gasteiger partial charge >= 0.3 is 0 Å². The molecule has 0 radical (unpaired) electrons. The quantitative estimate of drug-likeness (QED) is 0.359. The Morgan fingerprint density at radius 1 is 1.18 bits per heavy atom. The highest BCUT2D eigenvalue weighted by Gasteiger charge is 2.28. The molecular formula is C23H27ClN6O2S2. The monoisotopic (exact) mass is 518 g/mol. The lowest BCUT2D eigenvalue weighted by Gasteiger charge is -2.20. The van der Waals surface area contributed by atoms with Crippen molar-refractivity contribution in [2.24, 2.45) is 5.92 Å². The second-order valence-corrected chi connectivity index (χ2v) is 11.2. The van der Waals surface area contributed by atoms with Crippen molar-refractivity contribution in [2.75, 3.05) is 10.6 Å². The molecule has 8 nitrogen and oxygen atoms in total. The summed E-state index contributed by atoms with van der Waals surface area (Å²) in [5.74, 6) is -0.0629. The van der Waals surface area contributed by atoms with Gasteiger partial charge in [0.1, 0.15) is 11.0 Å². The summed E-state index contributed by atoms with van der Waals surface area (Å²) in [6.45, 7) is 4.28. The number of aromatic nitrogens is 3. The van der Waals surface area contributed by atoms with E-state index in [1.807, 2.05) is 26.0 Å². The molecule has 180 valence electrons. The Bertz CT molecular complexity index is 1160. The number of aryl methyl sites for hydroxylation is 2. The maximum absolute atomic E-state index is 13.0. The van der Waals surface area contributed by atoms with Crippen LogP contribution in [-0.2, 0) is 11.3 Å². The van der Waals surface area contributed by atoms with Gasteiger partial charge in [0.15, 0.2) is 0 Å². The smallest absolute Gasteiger partial charge is 0.262 e. The van der Waals surface area contributed by atoms with Gasteiger partial charge in [0.25, 0.3) is 5.91 Å². The Morgan fingerprint density at radius 3 is 2.71 bits per heavy atom. The topological polar surface area (TPSA) is 109 Å². The van der Waals surface area contributed by atoms with E-state index < -0.39 is 6.04 Å². The molecule has 0 aromatic carbocycles. The number of amides is 2. The molecule has 0 bridgehead atoms. The largest absolute Gasteiger partial charge is 0.379 e. The van der Waals surface area contributed by atoms with E-state index in [-0.39, 0.29) is 11.8 Å². The lowest BCUT2D eigenvalue weighted by atomic mass is 9.97. The van der Waals surface area contributed by atoms with Crippen molar-refractivity contribution in [3.8, 4) is 0 Å². The zero-order valence-corrected chi connectivity index (χ0v) is 21.4. The van der Waals surface area contributed by atoms with Gasteiger partial charge in [-0.15, -0.1) is 21.5 Å². The van der Waals surface area contributed by atoms with E-state index in [0.29, 0.717) is 33.9 Å². The maximum Gasteiger partial charge on any atom is 0.262 e. The molecule has 3 aromatic rings. The Kier molecular flexibility index (Phi) is 8.12. The number of halogens is 1. The fourth-order valence-corrected chi connectivity index (χ4v) is 5.65. The SMILES string of the molecule is Cc1nnc(NC(=O)[C@H](CC2CCCC2)NC(=O)c2ccc(CNc3cc(Cl)cnc3C)s2)s1. The average molecular weight is 519 g/mol. The van der Waals surface area contributed by atoms with Gasteiger partial charge in [-0.05, 0) is 44.4 Å². The van der Waals surface area contributed by atoms with Crippen LogP contribution in [0.1, 0.15) is 57.4 Å². The van der Waals surface area contributed by atoms with Gasteiger partial charge in [-0.25, -0.2) is 0 Å². The summed E-state index contributed by atoms with van der Waals surface area (Å²) in [6, 6.07) is 4.91. The van der Waals surface area contributed by atoms with Crippen LogP contribution in [0.25, 0.3) is 0 Å². The van der Waals surface area contributed by atoms with Gasteiger partial charge in [-0.2, -0.15) is 0 Å². The minimum Gasteiger partial charge on any atom is -0.379 e. The third kappa shape index (κ3) is 6.52. The van der Waals surface area contributed by atoms with Crippen LogP contribution in [0.4, 0.5) is 10.8 Å². The number of carbonyl (C=O) groups excluding carboxylic acids is 2. The van der Waals surface area contributed by atoms with Crippen LogP contribution in [0.15, 0.2) is 24.4 Å². The van der Waals surface area contributed by atoms with Crippen molar-refractivity contribution in [3.63, 3.8) is 0 Å². The van der Waals surface area contributed by atoms with Gasteiger partial charge in [-0.3, -0.25) is 19.9 Å². The van der Waals surface area contributed by atoms with Gasteiger partial charge in [-0.1, -0.05) is 48.6 Å². The van der Waals surface area contributed by atoms with Crippen molar-refractivity contribution in [2.45, 2.75) is 58.5 Å². The first-order chi connectivity index (χ1) is 16.4. The molecule has 1 saturated carbocycles. The number of nitrogens with zero attached hydrogens (tertiary/aromatic N) is 3. The van der Waals surface area contributed by atoms with Crippen LogP contribution in [0.5, 0.6) is 0 Å². The summed E-state index contributed by atoms with van der Waals surface area (Å²) in [7, 11) is 0. The summed E-state index contributed by atoms with van der Waals surface area (Å²) in [5, 5.41) is 18.8. The van der Waals surface area contributed by atoms with Crippen LogP contribution in [-0.4, -0.2) is 33.0 Å². The van der Waals surface area contributed by atoms with Crippen LogP contribution in [0.2, 0.25) is 5.02 Å². The van der Waals surface area contributed by atoms with Crippen molar-refractivity contribution >= 4 is 56.9 Å². The molecule has 1 aliphatic carbocycles. The Morgan fingerprint density at radius 2 is 1.97 bits per heavy atom. The summed E-state index contributed by atoms with van der Waals surface area (Å²) >= 11 is 8.75. The maximum atomic E-state index is 13.0. The lowest BCUT2D eigenvalue weighted by Crippen LogP contribution is -2.44.